The average Bonchev–Trinajstić information content (AvgIpc) is 3.55. The fourth-order valence-electron chi connectivity index (χ4n) is 4.03. The molecule has 1 aromatic heterocycles. The maximum Gasteiger partial charge on any atom is 0.416 e. The molecule has 12 heteroatoms. The van der Waals surface area contributed by atoms with Gasteiger partial charge in [-0.05, 0) is 67.1 Å². The Kier molecular flexibility index (Phi) is 8.32. The van der Waals surface area contributed by atoms with Crippen molar-refractivity contribution in [1.29, 1.82) is 0 Å². The number of benzene rings is 3. The Morgan fingerprint density at radius 1 is 0.976 bits per heavy atom. The van der Waals surface area contributed by atoms with Gasteiger partial charge in [0.1, 0.15) is 0 Å². The van der Waals surface area contributed by atoms with Gasteiger partial charge in [-0.1, -0.05) is 12.1 Å². The van der Waals surface area contributed by atoms with E-state index in [-0.39, 0.29) is 5.91 Å². The molecule has 4 aromatic rings. The second-order valence-corrected chi connectivity index (χ2v) is 8.92. The molecule has 3 aromatic carbocycles. The maximum atomic E-state index is 12.9. The molecule has 5 rings (SSSR count). The predicted molar refractivity (Wildman–Crippen MR) is 150 cm³/mol. The molecule has 0 spiro atoms. The van der Waals surface area contributed by atoms with E-state index in [1.54, 1.807) is 0 Å². The number of amides is 2. The van der Waals surface area contributed by atoms with Crippen molar-refractivity contribution in [2.24, 2.45) is 0 Å². The number of aromatic amines is 1. The minimum absolute atomic E-state index is 0.120. The summed E-state index contributed by atoms with van der Waals surface area (Å²) in [5.41, 5.74) is 5.15. The first-order chi connectivity index (χ1) is 19.5. The van der Waals surface area contributed by atoms with Crippen LogP contribution in [0.1, 0.15) is 22.4 Å². The number of aryl methyl sites for hydroxylation is 1. The van der Waals surface area contributed by atoms with Gasteiger partial charge < -0.3 is 31.4 Å². The Balaban J connectivity index is 0.000000234. The SMILES string of the molecule is CNc1cc(C(F)(F)F)cc(O)c1F.Cc1ccc(NC=O)cc1Nc1ccc2c(c1)NC(=O)/C2=C\c1ccc[nH]1. The average molecular weight is 568 g/mol. The molecule has 1 aliphatic heterocycles. The van der Waals surface area contributed by atoms with Crippen molar-refractivity contribution in [1.82, 2.24) is 4.98 Å². The monoisotopic (exact) mass is 567 g/mol. The Bertz CT molecular complexity index is 1620. The zero-order valence-electron chi connectivity index (χ0n) is 21.8. The second kappa shape index (κ2) is 11.9. The van der Waals surface area contributed by atoms with Crippen molar-refractivity contribution in [2.75, 3.05) is 28.3 Å². The lowest BCUT2D eigenvalue weighted by Crippen LogP contribution is -2.06. The number of fused-ring (bicyclic) bond motifs is 1. The topological polar surface area (TPSA) is 118 Å². The molecule has 0 radical (unpaired) electrons. The third kappa shape index (κ3) is 6.67. The smallest absolute Gasteiger partial charge is 0.416 e. The molecular formula is C29H25F4N5O3. The predicted octanol–water partition coefficient (Wildman–Crippen LogP) is 6.72. The van der Waals surface area contributed by atoms with Crippen molar-refractivity contribution in [3.63, 3.8) is 0 Å². The highest BCUT2D eigenvalue weighted by atomic mass is 19.4. The Labute approximate surface area is 232 Å². The zero-order valence-corrected chi connectivity index (χ0v) is 21.8. The number of hydrogen-bond donors (Lipinski definition) is 6. The van der Waals surface area contributed by atoms with Gasteiger partial charge >= 0.3 is 6.18 Å². The lowest BCUT2D eigenvalue weighted by Gasteiger charge is -2.12. The van der Waals surface area contributed by atoms with Crippen molar-refractivity contribution < 1.29 is 32.3 Å². The van der Waals surface area contributed by atoms with Crippen LogP contribution < -0.4 is 21.3 Å². The zero-order chi connectivity index (χ0) is 29.7. The summed E-state index contributed by atoms with van der Waals surface area (Å²) in [6.07, 6.45) is -0.287. The van der Waals surface area contributed by atoms with Crippen LogP contribution in [0.2, 0.25) is 0 Å². The van der Waals surface area contributed by atoms with Gasteiger partial charge in [0.25, 0.3) is 5.91 Å². The first kappa shape index (κ1) is 28.7. The molecule has 0 atom stereocenters. The van der Waals surface area contributed by atoms with Crippen LogP contribution in [-0.2, 0) is 15.8 Å². The number of carbonyl (C=O) groups is 2. The summed E-state index contributed by atoms with van der Waals surface area (Å²) in [6.45, 7) is 1.99. The van der Waals surface area contributed by atoms with Gasteiger partial charge in [0.15, 0.2) is 11.6 Å². The largest absolute Gasteiger partial charge is 0.505 e. The van der Waals surface area contributed by atoms with Gasteiger partial charge in [-0.2, -0.15) is 13.2 Å². The van der Waals surface area contributed by atoms with Crippen LogP contribution in [0, 0.1) is 12.7 Å². The van der Waals surface area contributed by atoms with Gasteiger partial charge in [-0.15, -0.1) is 0 Å². The molecule has 6 N–H and O–H groups in total. The fraction of sp³-hybridized carbons (Fsp3) is 0.103. The molecule has 2 amide bonds. The minimum Gasteiger partial charge on any atom is -0.505 e. The highest BCUT2D eigenvalue weighted by Crippen LogP contribution is 2.37. The first-order valence-electron chi connectivity index (χ1n) is 12.2. The molecule has 0 bridgehead atoms. The van der Waals surface area contributed by atoms with Crippen LogP contribution in [0.15, 0.2) is 66.9 Å². The molecule has 8 nitrogen and oxygen atoms in total. The van der Waals surface area contributed by atoms with Gasteiger partial charge in [0.2, 0.25) is 6.41 Å². The lowest BCUT2D eigenvalue weighted by molar-refractivity contribution is -0.137. The number of phenolic OH excluding ortho intramolecular Hbond substituents is 1. The van der Waals surface area contributed by atoms with Crippen molar-refractivity contribution >= 4 is 52.4 Å². The van der Waals surface area contributed by atoms with E-state index in [2.05, 4.69) is 26.3 Å². The molecule has 0 saturated heterocycles. The summed E-state index contributed by atoms with van der Waals surface area (Å²) in [5, 5.41) is 20.0. The molecule has 2 heterocycles. The molecule has 0 aliphatic carbocycles. The molecule has 41 heavy (non-hydrogen) atoms. The summed E-state index contributed by atoms with van der Waals surface area (Å²) in [4.78, 5) is 26.1. The lowest BCUT2D eigenvalue weighted by atomic mass is 10.1. The molecular weight excluding hydrogens is 542 g/mol. The third-order valence-corrected chi connectivity index (χ3v) is 6.12. The van der Waals surface area contributed by atoms with Gasteiger partial charge in [0, 0.05) is 41.6 Å². The van der Waals surface area contributed by atoms with Gasteiger partial charge in [-0.25, -0.2) is 4.39 Å². The highest BCUT2D eigenvalue weighted by molar-refractivity contribution is 6.35. The van der Waals surface area contributed by atoms with Crippen molar-refractivity contribution in [2.45, 2.75) is 13.1 Å². The third-order valence-electron chi connectivity index (χ3n) is 6.12. The molecule has 212 valence electrons. The number of H-pyrrole nitrogens is 1. The Morgan fingerprint density at radius 3 is 2.39 bits per heavy atom. The van der Waals surface area contributed by atoms with Crippen LogP contribution in [0.25, 0.3) is 11.6 Å². The molecule has 0 fully saturated rings. The van der Waals surface area contributed by atoms with Crippen molar-refractivity contribution in [3.05, 3.63) is 95.1 Å². The molecule has 0 saturated carbocycles. The highest BCUT2D eigenvalue weighted by Gasteiger charge is 2.32. The number of rotatable bonds is 6. The quantitative estimate of drug-likeness (QED) is 0.0879. The number of carbonyl (C=O) groups excluding carboxylic acids is 2. The van der Waals surface area contributed by atoms with Gasteiger partial charge in [0.05, 0.1) is 22.5 Å². The van der Waals surface area contributed by atoms with E-state index < -0.39 is 29.0 Å². The van der Waals surface area contributed by atoms with E-state index in [4.69, 9.17) is 5.11 Å². The summed E-state index contributed by atoms with van der Waals surface area (Å²) in [6, 6.07) is 16.1. The number of aromatic nitrogens is 1. The van der Waals surface area contributed by atoms with E-state index in [1.165, 1.54) is 7.05 Å². The molecule has 0 unspecified atom stereocenters. The van der Waals surface area contributed by atoms with Crippen LogP contribution in [0.4, 0.5) is 46.0 Å². The first-order valence-corrected chi connectivity index (χ1v) is 12.2. The maximum absolute atomic E-state index is 12.9. The number of phenols is 1. The van der Waals surface area contributed by atoms with Crippen LogP contribution in [0.5, 0.6) is 5.75 Å². The van der Waals surface area contributed by atoms with Crippen LogP contribution >= 0.6 is 0 Å². The van der Waals surface area contributed by atoms with E-state index in [0.29, 0.717) is 29.8 Å². The Morgan fingerprint density at radius 2 is 1.73 bits per heavy atom. The van der Waals surface area contributed by atoms with Crippen LogP contribution in [-0.4, -0.2) is 29.5 Å². The summed E-state index contributed by atoms with van der Waals surface area (Å²) >= 11 is 0. The molecule has 1 aliphatic rings. The summed E-state index contributed by atoms with van der Waals surface area (Å²) in [5.74, 6) is -2.24. The summed E-state index contributed by atoms with van der Waals surface area (Å²) in [7, 11) is 1.26. The number of anilines is 5. The van der Waals surface area contributed by atoms with E-state index in [1.807, 2.05) is 67.7 Å². The fourth-order valence-corrected chi connectivity index (χ4v) is 4.03. The van der Waals surface area contributed by atoms with Crippen molar-refractivity contribution in [3.8, 4) is 5.75 Å². The number of halogens is 4. The Hall–Kier alpha value is -5.26. The normalized spacial score (nSPS) is 13.1. The van der Waals surface area contributed by atoms with E-state index in [9.17, 15) is 27.2 Å². The van der Waals surface area contributed by atoms with Crippen LogP contribution in [0.3, 0.4) is 0 Å². The number of hydrogen-bond acceptors (Lipinski definition) is 5. The minimum atomic E-state index is -4.60. The number of aromatic hydroxyl groups is 1. The second-order valence-electron chi connectivity index (χ2n) is 8.92. The summed E-state index contributed by atoms with van der Waals surface area (Å²) < 4.78 is 49.4. The van der Waals surface area contributed by atoms with E-state index in [0.717, 1.165) is 33.9 Å². The van der Waals surface area contributed by atoms with Gasteiger partial charge in [-0.3, -0.25) is 9.59 Å². The standard InChI is InChI=1S/C21H18N4O2.C8H7F4NO/c1-13-4-5-15(23-12-26)10-19(13)24-16-6-7-17-18(9-14-3-2-8-22-14)21(27)25-20(17)11-16;1-13-5-2-4(8(10,11)12)3-6(14)7(5)9/h2-12,22,24H,1H3,(H,23,26)(H,25,27);2-3,13-14H,1H3/b18-9-;. The van der Waals surface area contributed by atoms with E-state index >= 15 is 0 Å². The number of nitrogens with one attached hydrogen (secondary N) is 5. The number of alkyl halides is 3.